The van der Waals surface area contributed by atoms with Crippen LogP contribution in [-0.4, -0.2) is 35.9 Å². The highest BCUT2D eigenvalue weighted by Gasteiger charge is 2.24. The summed E-state index contributed by atoms with van der Waals surface area (Å²) in [5, 5.41) is 0. The zero-order valence-electron chi connectivity index (χ0n) is 13.4. The Morgan fingerprint density at radius 3 is 2.46 bits per heavy atom. The molecule has 0 amide bonds. The van der Waals surface area contributed by atoms with Gasteiger partial charge in [-0.05, 0) is 38.5 Å². The number of rotatable bonds is 6. The Balaban J connectivity index is 2.10. The number of carbonyl (C=O) groups is 3. The van der Waals surface area contributed by atoms with Crippen molar-refractivity contribution < 1.29 is 23.9 Å². The molecule has 8 heteroatoms. The number of Topliss-reactive ketones (excluding diaryl/α,β-unsaturated/α-hetero) is 1. The van der Waals surface area contributed by atoms with Gasteiger partial charge in [0.2, 0.25) is 5.78 Å². The van der Waals surface area contributed by atoms with Crippen molar-refractivity contribution in [2.75, 3.05) is 13.2 Å². The van der Waals surface area contributed by atoms with Gasteiger partial charge in [0.25, 0.3) is 0 Å². The number of hydrogen-bond acceptors (Lipinski definition) is 6. The van der Waals surface area contributed by atoms with Gasteiger partial charge in [-0.2, -0.15) is 0 Å². The van der Waals surface area contributed by atoms with Crippen molar-refractivity contribution in [2.24, 2.45) is 0 Å². The Morgan fingerprint density at radius 2 is 1.88 bits per heavy atom. The van der Waals surface area contributed by atoms with Crippen LogP contribution in [0.5, 0.6) is 0 Å². The molecule has 0 saturated heterocycles. The van der Waals surface area contributed by atoms with Gasteiger partial charge in [0.05, 0.1) is 21.4 Å². The van der Waals surface area contributed by atoms with Gasteiger partial charge in [0.15, 0.2) is 6.61 Å². The number of halogens is 1. The van der Waals surface area contributed by atoms with Gasteiger partial charge in [-0.3, -0.25) is 4.79 Å². The van der Waals surface area contributed by atoms with E-state index in [0.29, 0.717) is 20.5 Å². The second kappa shape index (κ2) is 7.63. The fraction of sp³-hybridized carbons (Fsp3) is 0.312. The number of ether oxygens (including phenoxy) is 2. The summed E-state index contributed by atoms with van der Waals surface area (Å²) in [5.41, 5.74) is 1.35. The van der Waals surface area contributed by atoms with Crippen LogP contribution in [0.1, 0.15) is 48.7 Å². The number of esters is 2. The Hall–Kier alpha value is -2.12. The number of H-pyrrole nitrogens is 1. The van der Waals surface area contributed by atoms with Crippen molar-refractivity contribution in [1.29, 1.82) is 0 Å². The normalized spacial score (nSPS) is 10.5. The first-order valence-corrected chi connectivity index (χ1v) is 8.36. The minimum absolute atomic E-state index is 0.206. The molecule has 2 aromatic heterocycles. The quantitative estimate of drug-likeness (QED) is 0.621. The molecule has 0 aliphatic carbocycles. The predicted octanol–water partition coefficient (Wildman–Crippen LogP) is 3.56. The lowest BCUT2D eigenvalue weighted by atomic mass is 10.1. The van der Waals surface area contributed by atoms with Crippen LogP contribution in [0.3, 0.4) is 0 Å². The van der Waals surface area contributed by atoms with Gasteiger partial charge in [0.1, 0.15) is 5.69 Å². The first-order chi connectivity index (χ1) is 11.3. The van der Waals surface area contributed by atoms with Crippen molar-refractivity contribution in [1.82, 2.24) is 4.98 Å². The lowest BCUT2D eigenvalue weighted by molar-refractivity contribution is 0.0474. The third kappa shape index (κ3) is 3.85. The molecule has 6 nitrogen and oxygen atoms in total. The molecular formula is C16H16ClNO5S. The van der Waals surface area contributed by atoms with Crippen LogP contribution >= 0.6 is 22.9 Å². The monoisotopic (exact) mass is 369 g/mol. The molecule has 0 atom stereocenters. The summed E-state index contributed by atoms with van der Waals surface area (Å²) in [6.45, 7) is 4.80. The van der Waals surface area contributed by atoms with Crippen LogP contribution in [0.25, 0.3) is 0 Å². The standard InChI is InChI=1S/C16H16ClNO5S/c1-4-22-16(21)14-8(2)13(9(3)18-14)15(20)23-7-10(19)11-5-6-12(17)24-11/h5-6,18H,4,7H2,1-3H3. The topological polar surface area (TPSA) is 85.5 Å². The second-order valence-corrected chi connectivity index (χ2v) is 6.66. The van der Waals surface area contributed by atoms with Gasteiger partial charge >= 0.3 is 11.9 Å². The molecule has 2 heterocycles. The van der Waals surface area contributed by atoms with Gasteiger partial charge in [0, 0.05) is 5.69 Å². The number of carbonyl (C=O) groups excluding carboxylic acids is 3. The fourth-order valence-electron chi connectivity index (χ4n) is 2.20. The summed E-state index contributed by atoms with van der Waals surface area (Å²) in [6.07, 6.45) is 0. The molecular weight excluding hydrogens is 354 g/mol. The Morgan fingerprint density at radius 1 is 1.17 bits per heavy atom. The van der Waals surface area contributed by atoms with E-state index in [1.807, 2.05) is 0 Å². The Labute approximate surface area is 147 Å². The molecule has 0 fully saturated rings. The van der Waals surface area contributed by atoms with Gasteiger partial charge in [-0.1, -0.05) is 11.6 Å². The predicted molar refractivity (Wildman–Crippen MR) is 90.2 cm³/mol. The van der Waals surface area contributed by atoms with Crippen molar-refractivity contribution in [3.63, 3.8) is 0 Å². The molecule has 0 bridgehead atoms. The van der Waals surface area contributed by atoms with Crippen LogP contribution in [0.4, 0.5) is 0 Å². The van der Waals surface area contributed by atoms with E-state index in [1.54, 1.807) is 32.9 Å². The van der Waals surface area contributed by atoms with E-state index < -0.39 is 18.5 Å². The van der Waals surface area contributed by atoms with Crippen LogP contribution in [0, 0.1) is 13.8 Å². The van der Waals surface area contributed by atoms with Crippen molar-refractivity contribution in [3.05, 3.63) is 43.9 Å². The average molecular weight is 370 g/mol. The van der Waals surface area contributed by atoms with E-state index in [2.05, 4.69) is 4.98 Å². The maximum Gasteiger partial charge on any atom is 0.355 e. The summed E-state index contributed by atoms with van der Waals surface area (Å²) in [4.78, 5) is 39.3. The van der Waals surface area contributed by atoms with E-state index in [9.17, 15) is 14.4 Å². The van der Waals surface area contributed by atoms with Gasteiger partial charge < -0.3 is 14.5 Å². The number of nitrogens with one attached hydrogen (secondary N) is 1. The largest absolute Gasteiger partial charge is 0.461 e. The molecule has 1 N–H and O–H groups in total. The molecule has 0 aliphatic heterocycles. The molecule has 0 radical (unpaired) electrons. The SMILES string of the molecule is CCOC(=O)c1[nH]c(C)c(C(=O)OCC(=O)c2ccc(Cl)s2)c1C. The Kier molecular flexibility index (Phi) is 5.80. The van der Waals surface area contributed by atoms with E-state index in [1.165, 1.54) is 0 Å². The van der Waals surface area contributed by atoms with Crippen LogP contribution in [-0.2, 0) is 9.47 Å². The van der Waals surface area contributed by atoms with E-state index in [4.69, 9.17) is 21.1 Å². The highest BCUT2D eigenvalue weighted by Crippen LogP contribution is 2.23. The minimum atomic E-state index is -0.673. The number of hydrogen-bond donors (Lipinski definition) is 1. The lowest BCUT2D eigenvalue weighted by Crippen LogP contribution is -2.14. The number of aromatic nitrogens is 1. The lowest BCUT2D eigenvalue weighted by Gasteiger charge is -2.04. The van der Waals surface area contributed by atoms with Crippen LogP contribution in [0.2, 0.25) is 4.34 Å². The molecule has 2 rings (SSSR count). The smallest absolute Gasteiger partial charge is 0.355 e. The molecule has 0 aliphatic rings. The van der Waals surface area contributed by atoms with Crippen molar-refractivity contribution in [3.8, 4) is 0 Å². The van der Waals surface area contributed by atoms with E-state index in [-0.39, 0.29) is 23.6 Å². The third-order valence-electron chi connectivity index (χ3n) is 3.30. The summed E-state index contributed by atoms with van der Waals surface area (Å²) in [7, 11) is 0. The molecule has 0 unspecified atom stereocenters. The number of aryl methyl sites for hydroxylation is 1. The maximum absolute atomic E-state index is 12.3. The summed E-state index contributed by atoms with van der Waals surface area (Å²) < 4.78 is 10.5. The first kappa shape index (κ1) is 18.2. The molecule has 0 spiro atoms. The van der Waals surface area contributed by atoms with Gasteiger partial charge in [-0.15, -0.1) is 11.3 Å². The Bertz CT molecular complexity index is 792. The maximum atomic E-state index is 12.3. The van der Waals surface area contributed by atoms with Crippen LogP contribution in [0.15, 0.2) is 12.1 Å². The molecule has 128 valence electrons. The van der Waals surface area contributed by atoms with Gasteiger partial charge in [-0.25, -0.2) is 9.59 Å². The van der Waals surface area contributed by atoms with Crippen molar-refractivity contribution in [2.45, 2.75) is 20.8 Å². The summed E-state index contributed by atoms with van der Waals surface area (Å²) >= 11 is 6.89. The number of ketones is 1. The number of thiophene rings is 1. The van der Waals surface area contributed by atoms with Crippen molar-refractivity contribution >= 4 is 40.7 Å². The second-order valence-electron chi connectivity index (χ2n) is 4.95. The molecule has 0 aromatic carbocycles. The third-order valence-corrected chi connectivity index (χ3v) is 4.58. The number of aromatic amines is 1. The zero-order chi connectivity index (χ0) is 17.9. The van der Waals surface area contributed by atoms with Crippen LogP contribution < -0.4 is 0 Å². The van der Waals surface area contributed by atoms with E-state index in [0.717, 1.165) is 11.3 Å². The first-order valence-electron chi connectivity index (χ1n) is 7.17. The molecule has 24 heavy (non-hydrogen) atoms. The summed E-state index contributed by atoms with van der Waals surface area (Å²) in [5.74, 6) is -1.55. The zero-order valence-corrected chi connectivity index (χ0v) is 15.0. The average Bonchev–Trinajstić information content (AvgIpc) is 3.08. The highest BCUT2D eigenvalue weighted by molar-refractivity contribution is 7.18. The molecule has 0 saturated carbocycles. The fourth-order valence-corrected chi connectivity index (χ4v) is 3.17. The minimum Gasteiger partial charge on any atom is -0.461 e. The molecule has 2 aromatic rings. The summed E-state index contributed by atoms with van der Waals surface area (Å²) in [6, 6.07) is 3.18. The highest BCUT2D eigenvalue weighted by atomic mass is 35.5. The van der Waals surface area contributed by atoms with E-state index >= 15 is 0 Å².